The second-order valence-electron chi connectivity index (χ2n) is 8.81. The highest BCUT2D eigenvalue weighted by atomic mass is 16.4. The van der Waals surface area contributed by atoms with Crippen molar-refractivity contribution in [3.8, 4) is 5.75 Å². The Labute approximate surface area is 179 Å². The zero-order chi connectivity index (χ0) is 21.9. The molecule has 4 rings (SSSR count). The molecular weight excluding hydrogens is 378 g/mol. The summed E-state index contributed by atoms with van der Waals surface area (Å²) in [5.41, 5.74) is 3.51. The topological polar surface area (TPSA) is 81.0 Å². The molecule has 1 fully saturated rings. The molecule has 5 nitrogen and oxygen atoms in total. The summed E-state index contributed by atoms with van der Waals surface area (Å²) in [7, 11) is 2.28. The standard InChI is InChI=1S/C17H25NO.C8H8O3/c1-4-5-14-16-10-12-6-7-13(19)11-15(12)17(14,2)8-9-18(16)3;9-7(8(10)11)6-4-2-1-3-5-6/h6-7,11,14,16,19H,4-5,8-10H2,1-3H3;1-5,7,9H,(H,10,11)/t14-,16+,17+;/m0./s1. The number of carbonyl (C=O) groups is 1. The molecule has 1 heterocycles. The van der Waals surface area contributed by atoms with Gasteiger partial charge in [0.25, 0.3) is 0 Å². The number of aliphatic carboxylic acids is 1. The average Bonchev–Trinajstić information content (AvgIpc) is 2.74. The third-order valence-corrected chi connectivity index (χ3v) is 6.92. The van der Waals surface area contributed by atoms with Crippen molar-refractivity contribution in [2.45, 2.75) is 57.1 Å². The van der Waals surface area contributed by atoms with Crippen molar-refractivity contribution in [3.05, 3.63) is 65.2 Å². The second-order valence-corrected chi connectivity index (χ2v) is 8.81. The number of fused-ring (bicyclic) bond motifs is 4. The van der Waals surface area contributed by atoms with Crippen molar-refractivity contribution in [1.29, 1.82) is 0 Å². The van der Waals surface area contributed by atoms with E-state index in [9.17, 15) is 9.90 Å². The molecule has 2 aromatic rings. The first-order valence-corrected chi connectivity index (χ1v) is 10.8. The predicted octanol–water partition coefficient (Wildman–Crippen LogP) is 4.13. The number of phenolic OH excluding ortho intramolecular Hbond substituents is 1. The van der Waals surface area contributed by atoms with Crippen LogP contribution >= 0.6 is 0 Å². The van der Waals surface area contributed by atoms with Gasteiger partial charge in [0.1, 0.15) is 5.75 Å². The fraction of sp³-hybridized carbons (Fsp3) is 0.480. The van der Waals surface area contributed by atoms with Crippen LogP contribution in [0, 0.1) is 5.92 Å². The number of aliphatic hydroxyl groups is 1. The molecular formula is C25H33NO4. The molecule has 0 spiro atoms. The lowest BCUT2D eigenvalue weighted by molar-refractivity contribution is -0.146. The van der Waals surface area contributed by atoms with E-state index in [4.69, 9.17) is 10.2 Å². The van der Waals surface area contributed by atoms with E-state index in [-0.39, 0.29) is 5.41 Å². The number of carboxylic acids is 1. The quantitative estimate of drug-likeness (QED) is 0.705. The van der Waals surface area contributed by atoms with E-state index >= 15 is 0 Å². The molecule has 1 unspecified atom stereocenters. The maximum atomic E-state index is 10.2. The normalized spacial score (nSPS) is 26.1. The van der Waals surface area contributed by atoms with Crippen LogP contribution in [0.25, 0.3) is 0 Å². The van der Waals surface area contributed by atoms with Gasteiger partial charge in [-0.15, -0.1) is 0 Å². The van der Waals surface area contributed by atoms with Gasteiger partial charge in [-0.25, -0.2) is 4.79 Å². The average molecular weight is 412 g/mol. The first kappa shape index (κ1) is 22.3. The number of likely N-dealkylation sites (tertiary alicyclic amines) is 1. The van der Waals surface area contributed by atoms with Crippen molar-refractivity contribution in [2.75, 3.05) is 13.6 Å². The lowest BCUT2D eigenvalue weighted by Gasteiger charge is -2.55. The Balaban J connectivity index is 0.000000199. The number of hydrogen-bond donors (Lipinski definition) is 3. The minimum absolute atomic E-state index is 0.250. The lowest BCUT2D eigenvalue weighted by atomic mass is 9.57. The highest BCUT2D eigenvalue weighted by Crippen LogP contribution is 2.50. The van der Waals surface area contributed by atoms with Crippen molar-refractivity contribution >= 4 is 5.97 Å². The molecule has 3 N–H and O–H groups in total. The van der Waals surface area contributed by atoms with Gasteiger partial charge in [0.15, 0.2) is 6.10 Å². The first-order chi connectivity index (χ1) is 14.3. The van der Waals surface area contributed by atoms with E-state index in [1.807, 2.05) is 12.1 Å². The zero-order valence-electron chi connectivity index (χ0n) is 18.1. The summed E-state index contributed by atoms with van der Waals surface area (Å²) in [6.07, 6.45) is 3.49. The van der Waals surface area contributed by atoms with E-state index in [0.29, 0.717) is 17.4 Å². The summed E-state index contributed by atoms with van der Waals surface area (Å²) >= 11 is 0. The van der Waals surface area contributed by atoms with Gasteiger partial charge in [0, 0.05) is 6.04 Å². The molecule has 30 heavy (non-hydrogen) atoms. The molecule has 2 bridgehead atoms. The third kappa shape index (κ3) is 4.37. The van der Waals surface area contributed by atoms with Crippen LogP contribution in [-0.2, 0) is 16.6 Å². The van der Waals surface area contributed by atoms with Crippen LogP contribution in [0.2, 0.25) is 0 Å². The Hall–Kier alpha value is -2.37. The van der Waals surface area contributed by atoms with Crippen molar-refractivity contribution < 1.29 is 20.1 Å². The predicted molar refractivity (Wildman–Crippen MR) is 118 cm³/mol. The first-order valence-electron chi connectivity index (χ1n) is 10.8. The highest BCUT2D eigenvalue weighted by Gasteiger charge is 2.49. The van der Waals surface area contributed by atoms with Crippen LogP contribution in [0.3, 0.4) is 0 Å². The second kappa shape index (κ2) is 9.19. The molecule has 0 aromatic heterocycles. The minimum Gasteiger partial charge on any atom is -0.508 e. The van der Waals surface area contributed by atoms with E-state index in [2.05, 4.69) is 31.9 Å². The van der Waals surface area contributed by atoms with Gasteiger partial charge < -0.3 is 20.2 Å². The molecule has 1 aliphatic heterocycles. The third-order valence-electron chi connectivity index (χ3n) is 6.92. The molecule has 1 saturated heterocycles. The van der Waals surface area contributed by atoms with Crippen LogP contribution in [0.5, 0.6) is 5.75 Å². The molecule has 5 heteroatoms. The smallest absolute Gasteiger partial charge is 0.337 e. The molecule has 2 aromatic carbocycles. The number of hydrogen-bond acceptors (Lipinski definition) is 4. The fourth-order valence-corrected chi connectivity index (χ4v) is 5.22. The van der Waals surface area contributed by atoms with Gasteiger partial charge in [0.05, 0.1) is 0 Å². The van der Waals surface area contributed by atoms with Crippen LogP contribution in [0.4, 0.5) is 0 Å². The summed E-state index contributed by atoms with van der Waals surface area (Å²) in [6.45, 7) is 5.89. The molecule has 1 aliphatic carbocycles. The van der Waals surface area contributed by atoms with E-state index in [1.54, 1.807) is 30.3 Å². The summed E-state index contributed by atoms with van der Waals surface area (Å²) in [5, 5.41) is 27.2. The van der Waals surface area contributed by atoms with E-state index in [1.165, 1.54) is 36.9 Å². The van der Waals surface area contributed by atoms with Crippen molar-refractivity contribution in [3.63, 3.8) is 0 Å². The summed E-state index contributed by atoms with van der Waals surface area (Å²) in [6, 6.07) is 14.9. The van der Waals surface area contributed by atoms with E-state index in [0.717, 1.165) is 12.3 Å². The van der Waals surface area contributed by atoms with Gasteiger partial charge in [-0.3, -0.25) is 0 Å². The minimum atomic E-state index is -1.41. The number of nitrogens with zero attached hydrogens (tertiary/aromatic N) is 1. The summed E-state index contributed by atoms with van der Waals surface area (Å²) in [4.78, 5) is 12.8. The number of rotatable bonds is 4. The largest absolute Gasteiger partial charge is 0.508 e. The van der Waals surface area contributed by atoms with Crippen LogP contribution in [0.1, 0.15) is 55.9 Å². The monoisotopic (exact) mass is 411 g/mol. The van der Waals surface area contributed by atoms with Crippen LogP contribution in [-0.4, -0.2) is 45.8 Å². The molecule has 162 valence electrons. The maximum absolute atomic E-state index is 10.2. The number of benzene rings is 2. The van der Waals surface area contributed by atoms with Crippen molar-refractivity contribution in [2.24, 2.45) is 5.92 Å². The Kier molecular flexibility index (Phi) is 6.84. The van der Waals surface area contributed by atoms with Crippen molar-refractivity contribution in [1.82, 2.24) is 4.90 Å². The van der Waals surface area contributed by atoms with Gasteiger partial charge in [-0.1, -0.05) is 56.7 Å². The van der Waals surface area contributed by atoms with Gasteiger partial charge in [-0.2, -0.15) is 0 Å². The number of carboxylic acid groups (broad SMARTS) is 1. The number of piperidine rings is 1. The molecule has 0 radical (unpaired) electrons. The molecule has 0 saturated carbocycles. The Bertz CT molecular complexity index is 869. The Morgan fingerprint density at radius 1 is 1.23 bits per heavy atom. The number of aromatic hydroxyl groups is 1. The lowest BCUT2D eigenvalue weighted by Crippen LogP contribution is -2.57. The molecule has 2 aliphatic rings. The fourth-order valence-electron chi connectivity index (χ4n) is 5.22. The van der Waals surface area contributed by atoms with Crippen LogP contribution in [0.15, 0.2) is 48.5 Å². The Morgan fingerprint density at radius 2 is 1.93 bits per heavy atom. The number of aliphatic hydroxyl groups excluding tert-OH is 1. The summed E-state index contributed by atoms with van der Waals surface area (Å²) in [5.74, 6) is -0.0747. The number of phenols is 1. The number of likely N-dealkylation sites (N-methyl/N-ethyl adjacent to an activating group) is 1. The maximum Gasteiger partial charge on any atom is 0.337 e. The highest BCUT2D eigenvalue weighted by molar-refractivity contribution is 5.73. The molecule has 0 amide bonds. The zero-order valence-corrected chi connectivity index (χ0v) is 18.1. The van der Waals surface area contributed by atoms with Gasteiger partial charge in [-0.05, 0) is 73.0 Å². The Morgan fingerprint density at radius 3 is 2.57 bits per heavy atom. The van der Waals surface area contributed by atoms with E-state index < -0.39 is 12.1 Å². The van der Waals surface area contributed by atoms with Crippen LogP contribution < -0.4 is 0 Å². The van der Waals surface area contributed by atoms with Gasteiger partial charge in [0.2, 0.25) is 0 Å². The SMILES string of the molecule is CCC[C@H]1[C@H]2Cc3ccc(O)cc3[C@]1(C)CCN2C.O=C(O)C(O)c1ccccc1. The summed E-state index contributed by atoms with van der Waals surface area (Å²) < 4.78 is 0. The van der Waals surface area contributed by atoms with Gasteiger partial charge >= 0.3 is 5.97 Å². The molecule has 4 atom stereocenters.